The second kappa shape index (κ2) is 9.56. The van der Waals surface area contributed by atoms with Gasteiger partial charge in [0.15, 0.2) is 11.6 Å². The van der Waals surface area contributed by atoms with Crippen LogP contribution in [-0.4, -0.2) is 50.0 Å². The van der Waals surface area contributed by atoms with Crippen LogP contribution < -0.4 is 5.32 Å². The average molecular weight is 519 g/mol. The Hall–Kier alpha value is -2.83. The van der Waals surface area contributed by atoms with Crippen LogP contribution >= 0.6 is 0 Å². The minimum Gasteiger partial charge on any atom is -0.444 e. The van der Waals surface area contributed by atoms with Gasteiger partial charge in [-0.25, -0.2) is 18.0 Å². The van der Waals surface area contributed by atoms with Crippen molar-refractivity contribution in [2.75, 3.05) is 6.54 Å². The fourth-order valence-electron chi connectivity index (χ4n) is 4.99. The van der Waals surface area contributed by atoms with Crippen LogP contribution in [0.2, 0.25) is 0 Å². The lowest BCUT2D eigenvalue weighted by molar-refractivity contribution is -0.148. The van der Waals surface area contributed by atoms with Gasteiger partial charge in [-0.3, -0.25) is 4.90 Å². The minimum atomic E-state index is -4.61. The molecule has 198 valence electrons. The number of alkyl halides is 3. The van der Waals surface area contributed by atoms with E-state index in [0.29, 0.717) is 31.9 Å². The molecule has 1 aromatic carbocycles. The summed E-state index contributed by atoms with van der Waals surface area (Å²) in [6.07, 6.45) is -4.24. The van der Waals surface area contributed by atoms with Gasteiger partial charge in [0.2, 0.25) is 5.82 Å². The molecule has 0 spiro atoms. The number of ether oxygens (including phenoxy) is 1. The number of aromatic nitrogens is 3. The van der Waals surface area contributed by atoms with E-state index in [9.17, 15) is 31.1 Å². The molecule has 0 saturated heterocycles. The fraction of sp³-hybridized carbons (Fsp3) is 0.609. The summed E-state index contributed by atoms with van der Waals surface area (Å²) in [4.78, 5) is 14.5. The third-order valence-electron chi connectivity index (χ3n) is 6.52. The first-order chi connectivity index (χ1) is 16.7. The largest absolute Gasteiger partial charge is 0.451 e. The van der Waals surface area contributed by atoms with E-state index in [1.54, 1.807) is 20.8 Å². The third-order valence-corrected chi connectivity index (χ3v) is 6.52. The lowest BCUT2D eigenvalue weighted by Gasteiger charge is -2.43. The molecule has 1 N–H and O–H groups in total. The summed E-state index contributed by atoms with van der Waals surface area (Å²) >= 11 is 0. The van der Waals surface area contributed by atoms with E-state index in [-0.39, 0.29) is 30.5 Å². The standard InChI is InChI=1S/C23H27F6N5O2/c1-22(2,3)36-21(35)30-18-8-12(4-5-13(18)14-9-16(25)17(26)10-15(14)24)33-6-7-34-19(11-33)31-32-20(34)23(27,28)29/h9-10,12-13,18H,4-8,11H2,1-3H3,(H,30,35)/t12-,13-,18+/m1/s1. The van der Waals surface area contributed by atoms with E-state index < -0.39 is 53.1 Å². The zero-order valence-electron chi connectivity index (χ0n) is 20.0. The number of fused-ring (bicyclic) bond motifs is 1. The van der Waals surface area contributed by atoms with Crippen LogP contribution in [0.3, 0.4) is 0 Å². The lowest BCUT2D eigenvalue weighted by atomic mass is 9.77. The zero-order valence-corrected chi connectivity index (χ0v) is 20.0. The number of hydrogen-bond donors (Lipinski definition) is 1. The van der Waals surface area contributed by atoms with Crippen molar-refractivity contribution in [1.29, 1.82) is 0 Å². The number of carbonyl (C=O) groups is 1. The third kappa shape index (κ3) is 5.60. The predicted octanol–water partition coefficient (Wildman–Crippen LogP) is 4.76. The second-order valence-electron chi connectivity index (χ2n) is 10.2. The minimum absolute atomic E-state index is 0.0407. The molecule has 4 rings (SSSR count). The maximum absolute atomic E-state index is 14.6. The number of nitrogens with one attached hydrogen (secondary N) is 1. The van der Waals surface area contributed by atoms with Crippen molar-refractivity contribution in [2.45, 2.75) is 82.9 Å². The topological polar surface area (TPSA) is 72.3 Å². The van der Waals surface area contributed by atoms with E-state index in [1.165, 1.54) is 0 Å². The van der Waals surface area contributed by atoms with Gasteiger partial charge >= 0.3 is 12.3 Å². The Morgan fingerprint density at radius 2 is 1.72 bits per heavy atom. The SMILES string of the molecule is CC(C)(C)OC(=O)N[C@H]1C[C@H](N2CCn3c(nnc3C(F)(F)F)C2)CC[C@@H]1c1cc(F)c(F)cc1F. The molecule has 0 radical (unpaired) electrons. The maximum atomic E-state index is 14.6. The number of benzene rings is 1. The highest BCUT2D eigenvalue weighted by Gasteiger charge is 2.42. The van der Waals surface area contributed by atoms with Crippen LogP contribution in [0.25, 0.3) is 0 Å². The first kappa shape index (κ1) is 26.2. The molecule has 36 heavy (non-hydrogen) atoms. The van der Waals surface area contributed by atoms with Gasteiger partial charge in [0.05, 0.1) is 6.54 Å². The zero-order chi connectivity index (χ0) is 26.4. The van der Waals surface area contributed by atoms with Crippen molar-refractivity contribution >= 4 is 6.09 Å². The number of amides is 1. The number of alkyl carbamates (subject to hydrolysis) is 1. The van der Waals surface area contributed by atoms with Crippen LogP contribution in [0.15, 0.2) is 12.1 Å². The molecule has 3 atom stereocenters. The highest BCUT2D eigenvalue weighted by atomic mass is 19.4. The van der Waals surface area contributed by atoms with Crippen molar-refractivity contribution < 1.29 is 35.9 Å². The molecule has 1 aromatic heterocycles. The summed E-state index contributed by atoms with van der Waals surface area (Å²) in [7, 11) is 0. The second-order valence-corrected chi connectivity index (χ2v) is 10.2. The highest BCUT2D eigenvalue weighted by molar-refractivity contribution is 5.68. The van der Waals surface area contributed by atoms with Gasteiger partial charge in [0, 0.05) is 37.2 Å². The number of halogens is 6. The molecular formula is C23H27F6N5O2. The Morgan fingerprint density at radius 3 is 2.39 bits per heavy atom. The molecule has 1 aliphatic carbocycles. The number of nitrogens with zero attached hydrogens (tertiary/aromatic N) is 4. The van der Waals surface area contributed by atoms with E-state index in [0.717, 1.165) is 10.6 Å². The van der Waals surface area contributed by atoms with E-state index >= 15 is 0 Å². The van der Waals surface area contributed by atoms with Crippen molar-refractivity contribution in [2.24, 2.45) is 0 Å². The number of rotatable bonds is 3. The maximum Gasteiger partial charge on any atom is 0.451 e. The quantitative estimate of drug-likeness (QED) is 0.468. The number of carbonyl (C=O) groups excluding carboxylic acids is 1. The Labute approximate surface area is 203 Å². The van der Waals surface area contributed by atoms with Crippen LogP contribution in [0.4, 0.5) is 31.1 Å². The van der Waals surface area contributed by atoms with Crippen LogP contribution in [0, 0.1) is 17.5 Å². The molecule has 13 heteroatoms. The Bertz CT molecular complexity index is 1130. The monoisotopic (exact) mass is 519 g/mol. The molecule has 0 bridgehead atoms. The predicted molar refractivity (Wildman–Crippen MR) is 115 cm³/mol. The van der Waals surface area contributed by atoms with Gasteiger partial charge in [0.25, 0.3) is 0 Å². The molecule has 2 aliphatic rings. The van der Waals surface area contributed by atoms with Crippen LogP contribution in [0.1, 0.15) is 63.2 Å². The summed E-state index contributed by atoms with van der Waals surface area (Å²) < 4.78 is 88.0. The number of hydrogen-bond acceptors (Lipinski definition) is 5. The Kier molecular flexibility index (Phi) is 6.97. The van der Waals surface area contributed by atoms with Crippen LogP contribution in [0.5, 0.6) is 0 Å². The summed E-state index contributed by atoms with van der Waals surface area (Å²) in [5.74, 6) is -4.94. The molecule has 2 aromatic rings. The lowest BCUT2D eigenvalue weighted by Crippen LogP contribution is -2.51. The molecule has 1 aliphatic heterocycles. The summed E-state index contributed by atoms with van der Waals surface area (Å²) in [6.45, 7) is 5.50. The van der Waals surface area contributed by atoms with E-state index in [4.69, 9.17) is 4.74 Å². The van der Waals surface area contributed by atoms with Crippen molar-refractivity contribution in [3.63, 3.8) is 0 Å². The van der Waals surface area contributed by atoms with Gasteiger partial charge in [-0.1, -0.05) is 0 Å². The first-order valence-electron chi connectivity index (χ1n) is 11.6. The summed E-state index contributed by atoms with van der Waals surface area (Å²) in [5, 5.41) is 9.74. The normalized spacial score (nSPS) is 23.3. The molecule has 1 fully saturated rings. The van der Waals surface area contributed by atoms with E-state index in [1.807, 2.05) is 4.90 Å². The summed E-state index contributed by atoms with van der Waals surface area (Å²) in [5.41, 5.74) is -0.852. The van der Waals surface area contributed by atoms with Crippen molar-refractivity contribution in [3.8, 4) is 0 Å². The molecular weight excluding hydrogens is 492 g/mol. The molecule has 7 nitrogen and oxygen atoms in total. The molecule has 1 amide bonds. The van der Waals surface area contributed by atoms with Gasteiger partial charge in [-0.2, -0.15) is 13.2 Å². The fourth-order valence-corrected chi connectivity index (χ4v) is 4.99. The Morgan fingerprint density at radius 1 is 1.03 bits per heavy atom. The van der Waals surface area contributed by atoms with Crippen molar-refractivity contribution in [1.82, 2.24) is 25.0 Å². The van der Waals surface area contributed by atoms with E-state index in [2.05, 4.69) is 15.5 Å². The summed E-state index contributed by atoms with van der Waals surface area (Å²) in [6, 6.07) is 0.413. The highest BCUT2D eigenvalue weighted by Crippen LogP contribution is 2.38. The van der Waals surface area contributed by atoms with Crippen LogP contribution in [-0.2, 0) is 24.0 Å². The van der Waals surface area contributed by atoms with Crippen molar-refractivity contribution in [3.05, 3.63) is 46.8 Å². The van der Waals surface area contributed by atoms with Gasteiger partial charge in [-0.05, 0) is 51.7 Å². The smallest absolute Gasteiger partial charge is 0.444 e. The van der Waals surface area contributed by atoms with Gasteiger partial charge in [-0.15, -0.1) is 10.2 Å². The first-order valence-corrected chi connectivity index (χ1v) is 11.6. The van der Waals surface area contributed by atoms with Gasteiger partial charge in [0.1, 0.15) is 17.2 Å². The van der Waals surface area contributed by atoms with Gasteiger partial charge < -0.3 is 14.6 Å². The average Bonchev–Trinajstić information content (AvgIpc) is 3.19. The molecule has 2 heterocycles. The molecule has 1 saturated carbocycles. The molecule has 0 unspecified atom stereocenters. The Balaban J connectivity index is 1.55.